The summed E-state index contributed by atoms with van der Waals surface area (Å²) in [6.45, 7) is -1.36. The van der Waals surface area contributed by atoms with E-state index in [0.29, 0.717) is 17.9 Å². The van der Waals surface area contributed by atoms with Crippen molar-refractivity contribution in [2.24, 2.45) is 0 Å². The molecule has 5 heterocycles. The first-order valence-electron chi connectivity index (χ1n) is 14.6. The van der Waals surface area contributed by atoms with Crippen LogP contribution >= 0.6 is 22.9 Å². The molecule has 0 aliphatic carbocycles. The van der Waals surface area contributed by atoms with Crippen molar-refractivity contribution in [3.05, 3.63) is 34.4 Å². The molecule has 4 aromatic rings. The Hall–Kier alpha value is -3.81. The van der Waals surface area contributed by atoms with Crippen molar-refractivity contribution >= 4 is 54.7 Å². The van der Waals surface area contributed by atoms with Gasteiger partial charge in [-0.05, 0) is 31.0 Å². The second-order valence-electron chi connectivity index (χ2n) is 11.8. The van der Waals surface area contributed by atoms with E-state index in [4.69, 9.17) is 26.8 Å². The molecular formula is C30H24ClF7N6O2S. The number of thiophene rings is 1. The maximum Gasteiger partial charge on any atom is 0.319 e. The molecule has 0 amide bonds. The molecule has 7 rings (SSSR count). The van der Waals surface area contributed by atoms with Crippen LogP contribution in [0.1, 0.15) is 24.8 Å². The Balaban J connectivity index is 1.48. The Labute approximate surface area is 271 Å². The zero-order valence-corrected chi connectivity index (χ0v) is 25.8. The minimum absolute atomic E-state index is 0.0361. The summed E-state index contributed by atoms with van der Waals surface area (Å²) >= 11 is 7.50. The van der Waals surface area contributed by atoms with E-state index in [-0.39, 0.29) is 56.9 Å². The van der Waals surface area contributed by atoms with Gasteiger partial charge in [-0.3, -0.25) is 4.90 Å². The number of halogens is 8. The van der Waals surface area contributed by atoms with Crippen LogP contribution in [0, 0.1) is 23.0 Å². The Kier molecular flexibility index (Phi) is 7.91. The van der Waals surface area contributed by atoms with Gasteiger partial charge in [0.05, 0.1) is 32.8 Å². The molecule has 0 saturated carbocycles. The first-order valence-corrected chi connectivity index (χ1v) is 15.7. The van der Waals surface area contributed by atoms with Crippen molar-refractivity contribution in [2.75, 3.05) is 43.5 Å². The quantitative estimate of drug-likeness (QED) is 0.207. The maximum absolute atomic E-state index is 16.9. The number of nitrogens with two attached hydrogens (primary N) is 1. The lowest BCUT2D eigenvalue weighted by Gasteiger charge is -2.32. The van der Waals surface area contributed by atoms with Gasteiger partial charge in [0.25, 0.3) is 12.9 Å². The van der Waals surface area contributed by atoms with Crippen LogP contribution in [0.5, 0.6) is 11.8 Å². The number of ether oxygens (including phenoxy) is 2. The van der Waals surface area contributed by atoms with E-state index in [0.717, 1.165) is 23.8 Å². The molecule has 0 bridgehead atoms. The highest BCUT2D eigenvalue weighted by atomic mass is 35.5. The summed E-state index contributed by atoms with van der Waals surface area (Å²) in [5, 5.41) is 8.90. The van der Waals surface area contributed by atoms with Gasteiger partial charge in [-0.25, -0.2) is 30.7 Å². The number of rotatable bonds is 7. The molecule has 3 aliphatic rings. The molecule has 3 atom stereocenters. The number of alkyl halides is 5. The molecule has 0 spiro atoms. The summed E-state index contributed by atoms with van der Waals surface area (Å²) in [7, 11) is 0. The van der Waals surface area contributed by atoms with Gasteiger partial charge < -0.3 is 20.1 Å². The normalized spacial score (nSPS) is 22.7. The summed E-state index contributed by atoms with van der Waals surface area (Å²) in [6.07, 6.45) is -5.90. The van der Waals surface area contributed by atoms with E-state index in [1.54, 1.807) is 0 Å². The summed E-state index contributed by atoms with van der Waals surface area (Å²) in [4.78, 5) is 11.0. The van der Waals surface area contributed by atoms with Gasteiger partial charge in [-0.1, -0.05) is 17.7 Å². The van der Waals surface area contributed by atoms with Crippen LogP contribution in [0.25, 0.3) is 32.1 Å². The number of fused-ring (bicyclic) bond motifs is 2. The fraction of sp³-hybridized carbons (Fsp3) is 0.433. The Morgan fingerprint density at radius 3 is 2.72 bits per heavy atom. The van der Waals surface area contributed by atoms with Gasteiger partial charge in [0.15, 0.2) is 11.6 Å². The SMILES string of the molecule is N#Cc1c(N)sc2c(F)ccc(-c3c(Cl)c4c5c(nc(OC[C@@]67CCCN6C[C@H](F)C7)nc5c3F)N(CC(F)F)C(C(F)F)CO4)c12. The Bertz CT molecular complexity index is 1960. The lowest BCUT2D eigenvalue weighted by molar-refractivity contribution is 0.0758. The smallest absolute Gasteiger partial charge is 0.319 e. The summed E-state index contributed by atoms with van der Waals surface area (Å²) in [6, 6.07) is 1.61. The number of hydrogen-bond acceptors (Lipinski definition) is 9. The molecule has 2 saturated heterocycles. The average molecular weight is 701 g/mol. The van der Waals surface area contributed by atoms with Crippen LogP contribution in [0.3, 0.4) is 0 Å². The lowest BCUT2D eigenvalue weighted by Crippen LogP contribution is -2.46. The molecule has 2 fully saturated rings. The highest BCUT2D eigenvalue weighted by molar-refractivity contribution is 7.23. The molecule has 17 heteroatoms. The molecule has 2 aromatic carbocycles. The molecular weight excluding hydrogens is 677 g/mol. The predicted octanol–water partition coefficient (Wildman–Crippen LogP) is 6.95. The van der Waals surface area contributed by atoms with E-state index in [9.17, 15) is 31.6 Å². The highest BCUT2D eigenvalue weighted by Crippen LogP contribution is 2.51. The molecule has 1 unspecified atom stereocenters. The van der Waals surface area contributed by atoms with Gasteiger partial charge >= 0.3 is 6.01 Å². The molecule has 8 nitrogen and oxygen atoms in total. The van der Waals surface area contributed by atoms with Gasteiger partial charge in [-0.2, -0.15) is 15.2 Å². The molecule has 2 N–H and O–H groups in total. The van der Waals surface area contributed by atoms with E-state index < -0.39 is 83.3 Å². The number of nitrogen functional groups attached to an aromatic ring is 1. The van der Waals surface area contributed by atoms with Gasteiger partial charge in [0, 0.05) is 23.9 Å². The van der Waals surface area contributed by atoms with Crippen LogP contribution in [0.15, 0.2) is 12.1 Å². The number of benzene rings is 2. The van der Waals surface area contributed by atoms with Crippen LogP contribution in [0.4, 0.5) is 41.6 Å². The van der Waals surface area contributed by atoms with Crippen molar-refractivity contribution in [3.8, 4) is 29.0 Å². The van der Waals surface area contributed by atoms with Crippen LogP contribution < -0.4 is 20.1 Å². The summed E-state index contributed by atoms with van der Waals surface area (Å²) < 4.78 is 114. The number of anilines is 2. The van der Waals surface area contributed by atoms with Crippen molar-refractivity contribution in [2.45, 2.75) is 49.9 Å². The summed E-state index contributed by atoms with van der Waals surface area (Å²) in [5.41, 5.74) is 4.07. The van der Waals surface area contributed by atoms with Crippen LogP contribution in [0.2, 0.25) is 5.02 Å². The first kappa shape index (κ1) is 31.8. The fourth-order valence-corrected chi connectivity index (χ4v) is 8.31. The number of nitriles is 1. The topological polar surface area (TPSA) is 101 Å². The molecule has 47 heavy (non-hydrogen) atoms. The number of nitrogens with zero attached hydrogens (tertiary/aromatic N) is 5. The zero-order valence-electron chi connectivity index (χ0n) is 24.2. The monoisotopic (exact) mass is 700 g/mol. The summed E-state index contributed by atoms with van der Waals surface area (Å²) in [5.74, 6) is -2.80. The van der Waals surface area contributed by atoms with Crippen molar-refractivity contribution < 1.29 is 40.2 Å². The number of hydrogen-bond donors (Lipinski definition) is 1. The zero-order chi connectivity index (χ0) is 33.4. The molecule has 3 aliphatic heterocycles. The Morgan fingerprint density at radius 1 is 1.21 bits per heavy atom. The van der Waals surface area contributed by atoms with Crippen molar-refractivity contribution in [1.82, 2.24) is 14.9 Å². The van der Waals surface area contributed by atoms with E-state index in [2.05, 4.69) is 9.97 Å². The third-order valence-corrected chi connectivity index (χ3v) is 10.5. The third-order valence-electron chi connectivity index (χ3n) is 9.07. The second-order valence-corrected chi connectivity index (χ2v) is 13.2. The second kappa shape index (κ2) is 11.7. The van der Waals surface area contributed by atoms with Crippen molar-refractivity contribution in [3.63, 3.8) is 0 Å². The first-order chi connectivity index (χ1) is 22.4. The number of aromatic nitrogens is 2. The van der Waals surface area contributed by atoms with E-state index in [1.807, 2.05) is 11.0 Å². The van der Waals surface area contributed by atoms with Crippen LogP contribution in [-0.2, 0) is 0 Å². The molecule has 248 valence electrons. The average Bonchev–Trinajstić information content (AvgIpc) is 3.63. The van der Waals surface area contributed by atoms with Gasteiger partial charge in [0.1, 0.15) is 53.6 Å². The van der Waals surface area contributed by atoms with Crippen molar-refractivity contribution in [1.29, 1.82) is 5.26 Å². The lowest BCUT2D eigenvalue weighted by atomic mass is 9.95. The standard InChI is InChI=1S/C30H24ClF7N6O2S/c31-21-19(13-2-3-15(33)25-18(13)14(7-39)27(40)47-25)22(36)23-20-24(21)45-10-16(26(37)38)44(9-17(34)35)28(20)42-29(41-23)46-11-30-4-1-5-43(30)8-12(32)6-30/h2-3,12,16-17,26H,1,4-6,8-11,40H2/t12-,16?,30+/m1/s1. The predicted molar refractivity (Wildman–Crippen MR) is 162 cm³/mol. The van der Waals surface area contributed by atoms with Crippen LogP contribution in [-0.4, -0.2) is 78.3 Å². The highest BCUT2D eigenvalue weighted by Gasteiger charge is 2.49. The minimum Gasteiger partial charge on any atom is -0.489 e. The maximum atomic E-state index is 16.9. The minimum atomic E-state index is -3.21. The van der Waals surface area contributed by atoms with Gasteiger partial charge in [-0.15, -0.1) is 11.3 Å². The largest absolute Gasteiger partial charge is 0.489 e. The van der Waals surface area contributed by atoms with E-state index >= 15 is 4.39 Å². The van der Waals surface area contributed by atoms with Gasteiger partial charge in [0.2, 0.25) is 0 Å². The molecule has 0 radical (unpaired) electrons. The third kappa shape index (κ3) is 5.05. The van der Waals surface area contributed by atoms with E-state index in [1.165, 1.54) is 6.07 Å². The molecule has 2 aromatic heterocycles. The Morgan fingerprint density at radius 2 is 2.00 bits per heavy atom. The fourth-order valence-electron chi connectivity index (χ4n) is 7.03.